The number of rotatable bonds is 2. The molecule has 0 saturated carbocycles. The van der Waals surface area contributed by atoms with Crippen LogP contribution < -0.4 is 0 Å². The van der Waals surface area contributed by atoms with Crippen molar-refractivity contribution in [3.05, 3.63) is 72.3 Å². The lowest BCUT2D eigenvalue weighted by Gasteiger charge is -2.02. The number of hydrogen-bond donors (Lipinski definition) is 0. The smallest absolute Gasteiger partial charge is 0.148 e. The highest BCUT2D eigenvalue weighted by atomic mass is 19.1. The van der Waals surface area contributed by atoms with Crippen molar-refractivity contribution in [2.75, 3.05) is 0 Å². The van der Waals surface area contributed by atoms with Crippen molar-refractivity contribution in [3.8, 4) is 16.8 Å². The molecular weight excluding hydrogens is 239 g/mol. The zero-order chi connectivity index (χ0) is 13.2. The third kappa shape index (κ3) is 2.27. The van der Waals surface area contributed by atoms with E-state index in [1.807, 2.05) is 25.3 Å². The maximum absolute atomic E-state index is 13.7. The highest BCUT2D eigenvalue weighted by Crippen LogP contribution is 2.21. The minimum absolute atomic E-state index is 0.277. The van der Waals surface area contributed by atoms with E-state index in [-0.39, 0.29) is 5.82 Å². The largest absolute Gasteiger partial charge is 0.237 e. The molecule has 0 bridgehead atoms. The molecule has 3 rings (SSSR count). The minimum atomic E-state index is -0.277. The molecule has 3 aromatic rings. The fraction of sp³-hybridized carbons (Fsp3) is 0.0625. The van der Waals surface area contributed by atoms with Gasteiger partial charge < -0.3 is 0 Å². The Kier molecular flexibility index (Phi) is 2.88. The Bertz CT molecular complexity index is 699. The third-order valence-electron chi connectivity index (χ3n) is 3.07. The molecule has 1 aromatic heterocycles. The Morgan fingerprint density at radius 1 is 0.947 bits per heavy atom. The van der Waals surface area contributed by atoms with Crippen molar-refractivity contribution in [1.82, 2.24) is 9.78 Å². The van der Waals surface area contributed by atoms with Crippen molar-refractivity contribution < 1.29 is 4.39 Å². The van der Waals surface area contributed by atoms with E-state index in [2.05, 4.69) is 17.2 Å². The van der Waals surface area contributed by atoms with Gasteiger partial charge in [-0.15, -0.1) is 0 Å². The second kappa shape index (κ2) is 4.69. The van der Waals surface area contributed by atoms with Crippen LogP contribution in [-0.2, 0) is 0 Å². The first-order chi connectivity index (χ1) is 9.24. The molecule has 19 heavy (non-hydrogen) atoms. The summed E-state index contributed by atoms with van der Waals surface area (Å²) in [5, 5.41) is 4.22. The lowest BCUT2D eigenvalue weighted by Crippen LogP contribution is -1.96. The molecule has 0 aliphatic heterocycles. The van der Waals surface area contributed by atoms with Gasteiger partial charge in [-0.3, -0.25) is 0 Å². The van der Waals surface area contributed by atoms with Crippen LogP contribution in [0.3, 0.4) is 0 Å². The fourth-order valence-corrected chi connectivity index (χ4v) is 1.99. The SMILES string of the molecule is Cc1ccc(-c2cnn(-c3ccccc3F)c2)cc1. The second-order valence-corrected chi connectivity index (χ2v) is 4.49. The molecule has 1 heterocycles. The monoisotopic (exact) mass is 252 g/mol. The second-order valence-electron chi connectivity index (χ2n) is 4.49. The Balaban J connectivity index is 2.00. The van der Waals surface area contributed by atoms with E-state index in [1.54, 1.807) is 29.1 Å². The molecule has 0 unspecified atom stereocenters. The first kappa shape index (κ1) is 11.7. The first-order valence-corrected chi connectivity index (χ1v) is 6.11. The summed E-state index contributed by atoms with van der Waals surface area (Å²) < 4.78 is 15.2. The van der Waals surface area contributed by atoms with Crippen molar-refractivity contribution in [3.63, 3.8) is 0 Å². The number of aromatic nitrogens is 2. The summed E-state index contributed by atoms with van der Waals surface area (Å²) in [6.45, 7) is 2.05. The number of hydrogen-bond acceptors (Lipinski definition) is 1. The molecule has 2 nitrogen and oxygen atoms in total. The van der Waals surface area contributed by atoms with Crippen LogP contribution in [0.15, 0.2) is 60.9 Å². The lowest BCUT2D eigenvalue weighted by atomic mass is 10.1. The van der Waals surface area contributed by atoms with Gasteiger partial charge in [0.25, 0.3) is 0 Å². The average Bonchev–Trinajstić information content (AvgIpc) is 2.89. The van der Waals surface area contributed by atoms with E-state index in [9.17, 15) is 4.39 Å². The van der Waals surface area contributed by atoms with Crippen molar-refractivity contribution >= 4 is 0 Å². The van der Waals surface area contributed by atoms with Gasteiger partial charge in [0.2, 0.25) is 0 Å². The molecule has 0 N–H and O–H groups in total. The molecule has 0 radical (unpaired) electrons. The number of nitrogens with zero attached hydrogens (tertiary/aromatic N) is 2. The maximum Gasteiger partial charge on any atom is 0.148 e. The molecular formula is C16H13FN2. The van der Waals surface area contributed by atoms with Gasteiger partial charge in [-0.1, -0.05) is 42.0 Å². The predicted octanol–water partition coefficient (Wildman–Crippen LogP) is 3.99. The summed E-state index contributed by atoms with van der Waals surface area (Å²) in [7, 11) is 0. The molecule has 0 atom stereocenters. The Labute approximate surface area is 111 Å². The van der Waals surface area contributed by atoms with E-state index in [4.69, 9.17) is 0 Å². The number of para-hydroxylation sites is 1. The predicted molar refractivity (Wildman–Crippen MR) is 73.7 cm³/mol. The molecule has 0 amide bonds. The van der Waals surface area contributed by atoms with Gasteiger partial charge in [-0.2, -0.15) is 5.10 Å². The Hall–Kier alpha value is -2.42. The molecule has 0 aliphatic carbocycles. The summed E-state index contributed by atoms with van der Waals surface area (Å²) in [5.74, 6) is -0.277. The normalized spacial score (nSPS) is 10.6. The zero-order valence-electron chi connectivity index (χ0n) is 10.5. The molecule has 0 fully saturated rings. The number of aryl methyl sites for hydroxylation is 1. The fourth-order valence-electron chi connectivity index (χ4n) is 1.99. The van der Waals surface area contributed by atoms with Crippen molar-refractivity contribution in [2.45, 2.75) is 6.92 Å². The molecule has 0 spiro atoms. The van der Waals surface area contributed by atoms with E-state index in [0.29, 0.717) is 5.69 Å². The number of benzene rings is 2. The van der Waals surface area contributed by atoms with Gasteiger partial charge in [-0.05, 0) is 24.6 Å². The first-order valence-electron chi connectivity index (χ1n) is 6.11. The van der Waals surface area contributed by atoms with Crippen LogP contribution in [0.2, 0.25) is 0 Å². The van der Waals surface area contributed by atoms with Gasteiger partial charge in [-0.25, -0.2) is 9.07 Å². The van der Waals surface area contributed by atoms with Crippen LogP contribution in [0.5, 0.6) is 0 Å². The number of halogens is 1. The van der Waals surface area contributed by atoms with E-state index in [0.717, 1.165) is 11.1 Å². The maximum atomic E-state index is 13.7. The summed E-state index contributed by atoms with van der Waals surface area (Å²) in [6.07, 6.45) is 3.58. The molecule has 0 aliphatic rings. The molecule has 3 heteroatoms. The molecule has 94 valence electrons. The van der Waals surface area contributed by atoms with Gasteiger partial charge in [0.05, 0.1) is 6.20 Å². The van der Waals surface area contributed by atoms with Crippen LogP contribution in [0.25, 0.3) is 16.8 Å². The van der Waals surface area contributed by atoms with Crippen molar-refractivity contribution in [2.24, 2.45) is 0 Å². The third-order valence-corrected chi connectivity index (χ3v) is 3.07. The summed E-state index contributed by atoms with van der Waals surface area (Å²) in [5.41, 5.74) is 3.72. The summed E-state index contributed by atoms with van der Waals surface area (Å²) in [6, 6.07) is 14.8. The van der Waals surface area contributed by atoms with Crippen LogP contribution in [0.1, 0.15) is 5.56 Å². The Morgan fingerprint density at radius 2 is 1.68 bits per heavy atom. The van der Waals surface area contributed by atoms with Crippen LogP contribution in [0, 0.1) is 12.7 Å². The zero-order valence-corrected chi connectivity index (χ0v) is 10.5. The van der Waals surface area contributed by atoms with Gasteiger partial charge >= 0.3 is 0 Å². The molecule has 2 aromatic carbocycles. The summed E-state index contributed by atoms with van der Waals surface area (Å²) >= 11 is 0. The van der Waals surface area contributed by atoms with E-state index in [1.165, 1.54) is 11.6 Å². The highest BCUT2D eigenvalue weighted by Gasteiger charge is 2.06. The lowest BCUT2D eigenvalue weighted by molar-refractivity contribution is 0.611. The molecule has 0 saturated heterocycles. The van der Waals surface area contributed by atoms with E-state index >= 15 is 0 Å². The quantitative estimate of drug-likeness (QED) is 0.674. The van der Waals surface area contributed by atoms with Crippen molar-refractivity contribution in [1.29, 1.82) is 0 Å². The van der Waals surface area contributed by atoms with Crippen LogP contribution in [0.4, 0.5) is 4.39 Å². The topological polar surface area (TPSA) is 17.8 Å². The van der Waals surface area contributed by atoms with Crippen LogP contribution in [-0.4, -0.2) is 9.78 Å². The van der Waals surface area contributed by atoms with Gasteiger partial charge in [0, 0.05) is 11.8 Å². The Morgan fingerprint density at radius 3 is 2.42 bits per heavy atom. The van der Waals surface area contributed by atoms with E-state index < -0.39 is 0 Å². The summed E-state index contributed by atoms with van der Waals surface area (Å²) in [4.78, 5) is 0. The van der Waals surface area contributed by atoms with Gasteiger partial charge in [0.1, 0.15) is 11.5 Å². The highest BCUT2D eigenvalue weighted by molar-refractivity contribution is 5.62. The minimum Gasteiger partial charge on any atom is -0.237 e. The average molecular weight is 252 g/mol. The standard InChI is InChI=1S/C16H13FN2/c1-12-6-8-13(9-7-12)14-10-18-19(11-14)16-5-3-2-4-15(16)17/h2-11H,1H3. The van der Waals surface area contributed by atoms with Crippen LogP contribution >= 0.6 is 0 Å². The van der Waals surface area contributed by atoms with Gasteiger partial charge in [0.15, 0.2) is 0 Å².